The third kappa shape index (κ3) is 1.48. The normalized spacial score (nSPS) is 29.0. The fourth-order valence-corrected chi connectivity index (χ4v) is 2.38. The van der Waals surface area contributed by atoms with E-state index in [-0.39, 0.29) is 5.54 Å². The topological polar surface area (TPSA) is 64.1 Å². The average Bonchev–Trinajstić information content (AvgIpc) is 2.84. The van der Waals surface area contributed by atoms with Crippen LogP contribution in [0, 0.1) is 0 Å². The van der Waals surface area contributed by atoms with Gasteiger partial charge in [0.1, 0.15) is 6.26 Å². The van der Waals surface area contributed by atoms with E-state index < -0.39 is 0 Å². The highest BCUT2D eigenvalue weighted by atomic mass is 16.3. The second kappa shape index (κ2) is 3.32. The number of nitrogens with one attached hydrogen (secondary N) is 1. The summed E-state index contributed by atoms with van der Waals surface area (Å²) >= 11 is 0. The summed E-state index contributed by atoms with van der Waals surface area (Å²) in [5.41, 5.74) is 6.98. The van der Waals surface area contributed by atoms with E-state index >= 15 is 0 Å². The molecule has 0 amide bonds. The quantitative estimate of drug-likeness (QED) is 0.762. The van der Waals surface area contributed by atoms with Crippen molar-refractivity contribution in [1.29, 1.82) is 0 Å². The zero-order valence-electron chi connectivity index (χ0n) is 8.83. The smallest absolute Gasteiger partial charge is 0.214 e. The molecule has 82 valence electrons. The van der Waals surface area contributed by atoms with Crippen molar-refractivity contribution in [3.05, 3.63) is 17.8 Å². The van der Waals surface area contributed by atoms with E-state index in [4.69, 9.17) is 10.2 Å². The zero-order valence-corrected chi connectivity index (χ0v) is 8.83. The summed E-state index contributed by atoms with van der Waals surface area (Å²) in [6, 6.07) is 0. The molecule has 3 N–H and O–H groups in total. The monoisotopic (exact) mass is 207 g/mol. The number of nitrogens with zero attached hydrogens (tertiary/aromatic N) is 1. The molecular weight excluding hydrogens is 190 g/mol. The number of hydrogen-bond donors (Lipinski definition) is 2. The number of rotatable bonds is 2. The van der Waals surface area contributed by atoms with Gasteiger partial charge in [0.05, 0.1) is 11.2 Å². The van der Waals surface area contributed by atoms with Crippen LogP contribution in [0.2, 0.25) is 0 Å². The van der Waals surface area contributed by atoms with Gasteiger partial charge in [-0.1, -0.05) is 0 Å². The lowest BCUT2D eigenvalue weighted by Gasteiger charge is -2.34. The summed E-state index contributed by atoms with van der Waals surface area (Å²) < 4.78 is 5.52. The molecule has 1 saturated carbocycles. The van der Waals surface area contributed by atoms with E-state index in [2.05, 4.69) is 10.3 Å². The molecule has 2 heterocycles. The minimum absolute atomic E-state index is 0.260. The molecule has 1 aromatic heterocycles. The van der Waals surface area contributed by atoms with Gasteiger partial charge < -0.3 is 15.5 Å². The van der Waals surface area contributed by atoms with Crippen molar-refractivity contribution in [2.24, 2.45) is 5.73 Å². The first-order chi connectivity index (χ1) is 7.28. The lowest BCUT2D eigenvalue weighted by molar-refractivity contribution is 0.198. The van der Waals surface area contributed by atoms with Gasteiger partial charge in [-0.3, -0.25) is 0 Å². The Morgan fingerprint density at radius 2 is 2.40 bits per heavy atom. The van der Waals surface area contributed by atoms with Crippen LogP contribution in [0.3, 0.4) is 0 Å². The Hall–Kier alpha value is -0.870. The first-order valence-electron chi connectivity index (χ1n) is 5.73. The van der Waals surface area contributed by atoms with Crippen molar-refractivity contribution >= 4 is 0 Å². The lowest BCUT2D eigenvalue weighted by atomic mass is 9.78. The van der Waals surface area contributed by atoms with Crippen LogP contribution in [-0.2, 0) is 5.54 Å². The molecule has 3 rings (SSSR count). The maximum atomic E-state index is 6.16. The van der Waals surface area contributed by atoms with Crippen LogP contribution < -0.4 is 11.1 Å². The molecule has 1 aliphatic carbocycles. The third-order valence-electron chi connectivity index (χ3n) is 3.67. The highest BCUT2D eigenvalue weighted by Crippen LogP contribution is 2.38. The Labute approximate surface area is 89.2 Å². The van der Waals surface area contributed by atoms with Gasteiger partial charge in [-0.05, 0) is 32.2 Å². The second-order valence-corrected chi connectivity index (χ2v) is 4.78. The van der Waals surface area contributed by atoms with Gasteiger partial charge in [-0.2, -0.15) is 0 Å². The van der Waals surface area contributed by atoms with E-state index in [1.54, 1.807) is 6.26 Å². The molecule has 15 heavy (non-hydrogen) atoms. The maximum absolute atomic E-state index is 6.16. The molecule has 2 aliphatic rings. The highest BCUT2D eigenvalue weighted by Gasteiger charge is 2.39. The third-order valence-corrected chi connectivity index (χ3v) is 3.67. The van der Waals surface area contributed by atoms with Crippen LogP contribution >= 0.6 is 0 Å². The Kier molecular flexibility index (Phi) is 2.07. The first-order valence-corrected chi connectivity index (χ1v) is 5.73. The average molecular weight is 207 g/mol. The molecule has 0 radical (unpaired) electrons. The Balaban J connectivity index is 1.80. The summed E-state index contributed by atoms with van der Waals surface area (Å²) in [5.74, 6) is 1.27. The molecule has 1 aromatic rings. The maximum Gasteiger partial charge on any atom is 0.214 e. The Bertz CT molecular complexity index is 350. The van der Waals surface area contributed by atoms with E-state index in [0.29, 0.717) is 5.92 Å². The van der Waals surface area contributed by atoms with Crippen LogP contribution in [-0.4, -0.2) is 18.1 Å². The molecule has 1 saturated heterocycles. The fraction of sp³-hybridized carbons (Fsp3) is 0.727. The SMILES string of the molecule is NC1(c2nc(C3CCNC3)co2)CCC1. The van der Waals surface area contributed by atoms with Gasteiger partial charge in [0, 0.05) is 12.5 Å². The zero-order chi connectivity index (χ0) is 10.3. The standard InChI is InChI=1S/C11H17N3O/c12-11(3-1-4-11)10-14-9(7-15-10)8-2-5-13-6-8/h7-8,13H,1-6,12H2. The summed E-state index contributed by atoms with van der Waals surface area (Å²) in [4.78, 5) is 4.55. The molecule has 4 nitrogen and oxygen atoms in total. The fourth-order valence-electron chi connectivity index (χ4n) is 2.38. The van der Waals surface area contributed by atoms with Crippen LogP contribution in [0.5, 0.6) is 0 Å². The summed E-state index contributed by atoms with van der Waals surface area (Å²) in [5, 5.41) is 3.33. The molecule has 0 aromatic carbocycles. The predicted molar refractivity (Wildman–Crippen MR) is 56.4 cm³/mol. The second-order valence-electron chi connectivity index (χ2n) is 4.78. The van der Waals surface area contributed by atoms with Gasteiger partial charge in [0.25, 0.3) is 0 Å². The van der Waals surface area contributed by atoms with Gasteiger partial charge in [-0.25, -0.2) is 4.98 Å². The summed E-state index contributed by atoms with van der Waals surface area (Å²) in [6.45, 7) is 2.10. The number of aromatic nitrogens is 1. The molecule has 1 unspecified atom stereocenters. The van der Waals surface area contributed by atoms with Crippen molar-refractivity contribution in [2.75, 3.05) is 13.1 Å². The predicted octanol–water partition coefficient (Wildman–Crippen LogP) is 1.09. The molecule has 1 atom stereocenters. The molecular formula is C11H17N3O. The molecule has 0 spiro atoms. The minimum atomic E-state index is -0.260. The van der Waals surface area contributed by atoms with Crippen LogP contribution in [0.4, 0.5) is 0 Å². The minimum Gasteiger partial charge on any atom is -0.447 e. The summed E-state index contributed by atoms with van der Waals surface area (Å²) in [7, 11) is 0. The van der Waals surface area contributed by atoms with Crippen molar-refractivity contribution < 1.29 is 4.42 Å². The highest BCUT2D eigenvalue weighted by molar-refractivity contribution is 5.14. The number of nitrogens with two attached hydrogens (primary N) is 1. The van der Waals surface area contributed by atoms with E-state index in [0.717, 1.165) is 43.9 Å². The number of hydrogen-bond acceptors (Lipinski definition) is 4. The van der Waals surface area contributed by atoms with Gasteiger partial charge in [0.15, 0.2) is 0 Å². The molecule has 1 aliphatic heterocycles. The Morgan fingerprint density at radius 1 is 1.53 bits per heavy atom. The van der Waals surface area contributed by atoms with Crippen molar-refractivity contribution in [1.82, 2.24) is 10.3 Å². The van der Waals surface area contributed by atoms with Crippen molar-refractivity contribution in [2.45, 2.75) is 37.1 Å². The Morgan fingerprint density at radius 3 is 3.00 bits per heavy atom. The van der Waals surface area contributed by atoms with Crippen LogP contribution in [0.15, 0.2) is 10.7 Å². The molecule has 2 fully saturated rings. The molecule has 0 bridgehead atoms. The van der Waals surface area contributed by atoms with E-state index in [9.17, 15) is 0 Å². The van der Waals surface area contributed by atoms with Crippen molar-refractivity contribution in [3.8, 4) is 0 Å². The van der Waals surface area contributed by atoms with Crippen LogP contribution in [0.25, 0.3) is 0 Å². The van der Waals surface area contributed by atoms with Gasteiger partial charge in [-0.15, -0.1) is 0 Å². The van der Waals surface area contributed by atoms with E-state index in [1.165, 1.54) is 6.42 Å². The first kappa shape index (κ1) is 9.36. The van der Waals surface area contributed by atoms with Crippen LogP contribution in [0.1, 0.15) is 43.2 Å². The molecule has 4 heteroatoms. The van der Waals surface area contributed by atoms with Gasteiger partial charge >= 0.3 is 0 Å². The summed E-state index contributed by atoms with van der Waals surface area (Å²) in [6.07, 6.45) is 6.16. The van der Waals surface area contributed by atoms with Gasteiger partial charge in [0.2, 0.25) is 5.89 Å². The number of oxazole rings is 1. The largest absolute Gasteiger partial charge is 0.447 e. The van der Waals surface area contributed by atoms with Crippen molar-refractivity contribution in [3.63, 3.8) is 0 Å². The van der Waals surface area contributed by atoms with E-state index in [1.807, 2.05) is 0 Å². The lowest BCUT2D eigenvalue weighted by Crippen LogP contribution is -2.43.